The van der Waals surface area contributed by atoms with Crippen LogP contribution >= 0.6 is 11.6 Å². The largest absolute Gasteiger partial charge is 0.467 e. The van der Waals surface area contributed by atoms with Crippen LogP contribution in [-0.4, -0.2) is 28.2 Å². The smallest absolute Gasteiger partial charge is 0.338 e. The Morgan fingerprint density at radius 3 is 2.64 bits per heavy atom. The Morgan fingerprint density at radius 2 is 1.88 bits per heavy atom. The fraction of sp³-hybridized carbons (Fsp3) is 0.208. The fourth-order valence-corrected chi connectivity index (χ4v) is 4.93. The number of hydrogen-bond acceptors (Lipinski definition) is 6. The number of nitrogens with zero attached hydrogens (tertiary/aromatic N) is 1. The fourth-order valence-electron chi connectivity index (χ4n) is 3.43. The van der Waals surface area contributed by atoms with Crippen molar-refractivity contribution in [3.63, 3.8) is 0 Å². The molecule has 1 aliphatic heterocycles. The second kappa shape index (κ2) is 9.43. The normalized spacial score (nSPS) is 13.1. The predicted octanol–water partition coefficient (Wildman–Crippen LogP) is 4.70. The van der Waals surface area contributed by atoms with E-state index in [0.29, 0.717) is 28.6 Å². The van der Waals surface area contributed by atoms with Gasteiger partial charge in [-0.3, -0.25) is 4.31 Å². The Labute approximate surface area is 197 Å². The number of carbonyl (C=O) groups excluding carboxylic acids is 1. The van der Waals surface area contributed by atoms with Crippen molar-refractivity contribution in [1.82, 2.24) is 0 Å². The minimum Gasteiger partial charge on any atom is -0.467 e. The zero-order valence-electron chi connectivity index (χ0n) is 18.1. The van der Waals surface area contributed by atoms with Crippen molar-refractivity contribution in [2.24, 2.45) is 0 Å². The standard InChI is InChI=1S/C24H22ClNO6S/c1-16-6-8-21(9-7-16)26(2)33(28,29)22-5-3-4-17(12-22)24(27)31-14-19-11-20(25)10-18-13-30-15-32-23(18)19/h3-12H,13-15H2,1-2H3. The molecule has 0 saturated carbocycles. The first-order valence-electron chi connectivity index (χ1n) is 10.1. The van der Waals surface area contributed by atoms with Gasteiger partial charge in [0.05, 0.1) is 22.8 Å². The van der Waals surface area contributed by atoms with Crippen LogP contribution in [0.25, 0.3) is 0 Å². The number of fused-ring (bicyclic) bond motifs is 1. The maximum absolute atomic E-state index is 13.1. The SMILES string of the molecule is Cc1ccc(N(C)S(=O)(=O)c2cccc(C(=O)OCc3cc(Cl)cc4c3OCOC4)c2)cc1. The molecule has 172 valence electrons. The molecule has 0 bridgehead atoms. The average Bonchev–Trinajstić information content (AvgIpc) is 2.82. The number of aryl methyl sites for hydroxylation is 1. The average molecular weight is 488 g/mol. The molecule has 9 heteroatoms. The molecule has 0 spiro atoms. The summed E-state index contributed by atoms with van der Waals surface area (Å²) in [7, 11) is -2.40. The van der Waals surface area contributed by atoms with E-state index in [0.717, 1.165) is 11.1 Å². The Kier molecular flexibility index (Phi) is 6.60. The van der Waals surface area contributed by atoms with E-state index in [1.54, 1.807) is 24.3 Å². The van der Waals surface area contributed by atoms with Crippen LogP contribution in [-0.2, 0) is 32.7 Å². The molecule has 3 aromatic rings. The van der Waals surface area contributed by atoms with Crippen molar-refractivity contribution in [2.75, 3.05) is 18.1 Å². The third-order valence-electron chi connectivity index (χ3n) is 5.24. The molecule has 0 fully saturated rings. The topological polar surface area (TPSA) is 82.1 Å². The zero-order valence-corrected chi connectivity index (χ0v) is 19.7. The Hall–Kier alpha value is -3.07. The minimum atomic E-state index is -3.87. The van der Waals surface area contributed by atoms with Crippen LogP contribution in [0.3, 0.4) is 0 Å². The Morgan fingerprint density at radius 1 is 1.12 bits per heavy atom. The van der Waals surface area contributed by atoms with Gasteiger partial charge in [-0.25, -0.2) is 13.2 Å². The molecule has 0 aromatic heterocycles. The molecular formula is C24H22ClNO6S. The van der Waals surface area contributed by atoms with Gasteiger partial charge in [0.25, 0.3) is 10.0 Å². The van der Waals surface area contributed by atoms with Gasteiger partial charge in [0, 0.05) is 23.2 Å². The number of esters is 1. The lowest BCUT2D eigenvalue weighted by atomic mass is 10.1. The van der Waals surface area contributed by atoms with E-state index in [4.69, 9.17) is 25.8 Å². The molecule has 7 nitrogen and oxygen atoms in total. The molecule has 33 heavy (non-hydrogen) atoms. The summed E-state index contributed by atoms with van der Waals surface area (Å²) in [6.07, 6.45) is 0. The summed E-state index contributed by atoms with van der Waals surface area (Å²) in [5.74, 6) is -0.0830. The first-order valence-corrected chi connectivity index (χ1v) is 11.9. The van der Waals surface area contributed by atoms with Crippen LogP contribution in [0.2, 0.25) is 5.02 Å². The van der Waals surface area contributed by atoms with Gasteiger partial charge in [0.2, 0.25) is 0 Å². The lowest BCUT2D eigenvalue weighted by Gasteiger charge is -2.21. The number of ether oxygens (including phenoxy) is 3. The zero-order chi connectivity index (χ0) is 23.6. The maximum Gasteiger partial charge on any atom is 0.338 e. The lowest BCUT2D eigenvalue weighted by Crippen LogP contribution is -2.26. The van der Waals surface area contributed by atoms with Gasteiger partial charge in [-0.15, -0.1) is 0 Å². The monoisotopic (exact) mass is 487 g/mol. The Bertz CT molecular complexity index is 1290. The van der Waals surface area contributed by atoms with Crippen LogP contribution in [0.4, 0.5) is 5.69 Å². The van der Waals surface area contributed by atoms with Crippen LogP contribution in [0, 0.1) is 6.92 Å². The number of anilines is 1. The molecule has 1 aliphatic rings. The third-order valence-corrected chi connectivity index (χ3v) is 7.24. The van der Waals surface area contributed by atoms with E-state index in [9.17, 15) is 13.2 Å². The van der Waals surface area contributed by atoms with E-state index in [-0.39, 0.29) is 23.9 Å². The molecule has 3 aromatic carbocycles. The van der Waals surface area contributed by atoms with Gasteiger partial charge in [-0.2, -0.15) is 0 Å². The van der Waals surface area contributed by atoms with Crippen molar-refractivity contribution in [2.45, 2.75) is 25.0 Å². The first-order chi connectivity index (χ1) is 15.8. The molecule has 1 heterocycles. The number of benzene rings is 3. The third kappa shape index (κ3) is 4.98. The molecule has 0 unspecified atom stereocenters. The summed E-state index contributed by atoms with van der Waals surface area (Å²) in [6.45, 7) is 2.30. The highest BCUT2D eigenvalue weighted by atomic mass is 35.5. The predicted molar refractivity (Wildman–Crippen MR) is 124 cm³/mol. The summed E-state index contributed by atoms with van der Waals surface area (Å²) in [4.78, 5) is 12.7. The number of halogens is 1. The van der Waals surface area contributed by atoms with Crippen LogP contribution in [0.5, 0.6) is 5.75 Å². The first kappa shape index (κ1) is 23.1. The van der Waals surface area contributed by atoms with Gasteiger partial charge in [0.15, 0.2) is 6.79 Å². The Balaban J connectivity index is 1.52. The van der Waals surface area contributed by atoms with Crippen molar-refractivity contribution in [3.8, 4) is 5.75 Å². The highest BCUT2D eigenvalue weighted by Crippen LogP contribution is 2.32. The van der Waals surface area contributed by atoms with Crippen LogP contribution in [0.15, 0.2) is 65.6 Å². The quantitative estimate of drug-likeness (QED) is 0.469. The van der Waals surface area contributed by atoms with Crippen molar-refractivity contribution in [1.29, 1.82) is 0 Å². The highest BCUT2D eigenvalue weighted by Gasteiger charge is 2.23. The minimum absolute atomic E-state index is 0.0133. The number of rotatable bonds is 6. The van der Waals surface area contributed by atoms with Crippen molar-refractivity contribution < 1.29 is 27.4 Å². The van der Waals surface area contributed by atoms with Gasteiger partial charge >= 0.3 is 5.97 Å². The summed E-state index contributed by atoms with van der Waals surface area (Å²) in [5.41, 5.74) is 3.04. The lowest BCUT2D eigenvalue weighted by molar-refractivity contribution is -0.0180. The summed E-state index contributed by atoms with van der Waals surface area (Å²) in [6, 6.07) is 16.3. The van der Waals surface area contributed by atoms with Gasteiger partial charge in [0.1, 0.15) is 12.4 Å². The van der Waals surface area contributed by atoms with Gasteiger partial charge in [-0.05, 0) is 49.4 Å². The van der Waals surface area contributed by atoms with Crippen molar-refractivity contribution >= 4 is 33.3 Å². The van der Waals surface area contributed by atoms with E-state index in [1.807, 2.05) is 19.1 Å². The second-order valence-electron chi connectivity index (χ2n) is 7.58. The summed E-state index contributed by atoms with van der Waals surface area (Å²) >= 11 is 6.15. The molecular weight excluding hydrogens is 466 g/mol. The molecule has 0 saturated heterocycles. The molecule has 4 rings (SSSR count). The van der Waals surface area contributed by atoms with E-state index < -0.39 is 16.0 Å². The maximum atomic E-state index is 13.1. The van der Waals surface area contributed by atoms with Crippen LogP contribution < -0.4 is 9.04 Å². The molecule has 0 N–H and O–H groups in total. The number of sulfonamides is 1. The van der Waals surface area contributed by atoms with Crippen molar-refractivity contribution in [3.05, 3.63) is 87.9 Å². The van der Waals surface area contributed by atoms with Crippen LogP contribution in [0.1, 0.15) is 27.0 Å². The number of carbonyl (C=O) groups is 1. The highest BCUT2D eigenvalue weighted by molar-refractivity contribution is 7.92. The van der Waals surface area contributed by atoms with Gasteiger partial charge in [-0.1, -0.05) is 35.4 Å². The molecule has 0 amide bonds. The number of hydrogen-bond donors (Lipinski definition) is 0. The van der Waals surface area contributed by atoms with E-state index in [1.165, 1.54) is 35.6 Å². The summed E-state index contributed by atoms with van der Waals surface area (Å²) in [5, 5.41) is 0.473. The molecule has 0 atom stereocenters. The van der Waals surface area contributed by atoms with E-state index in [2.05, 4.69) is 0 Å². The molecule has 0 radical (unpaired) electrons. The molecule has 0 aliphatic carbocycles. The second-order valence-corrected chi connectivity index (χ2v) is 9.98. The van der Waals surface area contributed by atoms with Gasteiger partial charge < -0.3 is 14.2 Å². The summed E-state index contributed by atoms with van der Waals surface area (Å²) < 4.78 is 43.6. The van der Waals surface area contributed by atoms with E-state index >= 15 is 0 Å².